The van der Waals surface area contributed by atoms with Gasteiger partial charge >= 0.3 is 0 Å². The molecule has 2 aliphatic rings. The van der Waals surface area contributed by atoms with Crippen LogP contribution >= 0.6 is 0 Å². The van der Waals surface area contributed by atoms with Crippen LogP contribution in [0.5, 0.6) is 0 Å². The lowest BCUT2D eigenvalue weighted by atomic mass is 9.94. The van der Waals surface area contributed by atoms with Crippen LogP contribution < -0.4 is 10.6 Å². The second-order valence-electron chi connectivity index (χ2n) is 7.00. The molecule has 2 fully saturated rings. The van der Waals surface area contributed by atoms with Gasteiger partial charge in [0.2, 0.25) is 11.8 Å². The van der Waals surface area contributed by atoms with Crippen LogP contribution in [0, 0.1) is 0 Å². The highest BCUT2D eigenvalue weighted by Crippen LogP contribution is 2.28. The first-order valence-corrected chi connectivity index (χ1v) is 9.05. The van der Waals surface area contributed by atoms with Crippen molar-refractivity contribution in [3.05, 3.63) is 0 Å². The van der Waals surface area contributed by atoms with Crippen molar-refractivity contribution < 1.29 is 54.4 Å². The molecule has 0 aliphatic carbocycles. The van der Waals surface area contributed by atoms with E-state index in [1.165, 1.54) is 0 Å². The Morgan fingerprint density at radius 3 is 1.86 bits per heavy atom. The number of nitrogens with one attached hydrogen (secondary N) is 2. The van der Waals surface area contributed by atoms with E-state index in [-0.39, 0.29) is 0 Å². The maximum Gasteiger partial charge on any atom is 0.217 e. The summed E-state index contributed by atoms with van der Waals surface area (Å²) in [5.41, 5.74) is 0. The SMILES string of the molecule is CC(=O)N[C@@H]1[C@@H](O[C@H]2O[C@H](CO)[C@@H](O)[C@H](O)[C@H]2NC(C)=O)[C@@H](O)[C@@H](CO)O[C@@H]1O. The average Bonchev–Trinajstić information content (AvgIpc) is 2.65. The summed E-state index contributed by atoms with van der Waals surface area (Å²) in [4.78, 5) is 23.0. The molecule has 29 heavy (non-hydrogen) atoms. The monoisotopic (exact) mass is 424 g/mol. The van der Waals surface area contributed by atoms with Crippen molar-refractivity contribution in [2.45, 2.75) is 75.1 Å². The molecule has 0 saturated carbocycles. The number of hydrogen-bond donors (Lipinski definition) is 8. The first-order chi connectivity index (χ1) is 13.6. The molecule has 13 nitrogen and oxygen atoms in total. The zero-order valence-electron chi connectivity index (χ0n) is 15.9. The summed E-state index contributed by atoms with van der Waals surface area (Å²) in [6.07, 6.45) is -11.8. The lowest BCUT2D eigenvalue weighted by Crippen LogP contribution is -2.69. The highest BCUT2D eigenvalue weighted by molar-refractivity contribution is 5.73. The fourth-order valence-corrected chi connectivity index (χ4v) is 3.38. The van der Waals surface area contributed by atoms with Crippen molar-refractivity contribution in [3.63, 3.8) is 0 Å². The number of ether oxygens (including phenoxy) is 3. The maximum atomic E-state index is 11.5. The second kappa shape index (κ2) is 10.1. The number of rotatable bonds is 6. The molecule has 0 radical (unpaired) electrons. The van der Waals surface area contributed by atoms with Gasteiger partial charge in [0.1, 0.15) is 48.7 Å². The number of carbonyl (C=O) groups excluding carboxylic acids is 2. The number of hydrogen-bond acceptors (Lipinski definition) is 11. The van der Waals surface area contributed by atoms with Gasteiger partial charge in [0.15, 0.2) is 12.6 Å². The zero-order chi connectivity index (χ0) is 21.9. The van der Waals surface area contributed by atoms with Crippen LogP contribution in [0.2, 0.25) is 0 Å². The molecule has 168 valence electrons. The predicted molar refractivity (Wildman–Crippen MR) is 91.8 cm³/mol. The van der Waals surface area contributed by atoms with E-state index in [1.54, 1.807) is 0 Å². The zero-order valence-corrected chi connectivity index (χ0v) is 15.9. The minimum atomic E-state index is -1.66. The largest absolute Gasteiger partial charge is 0.394 e. The molecule has 0 aromatic carbocycles. The lowest BCUT2D eigenvalue weighted by Gasteiger charge is -2.47. The average molecular weight is 424 g/mol. The van der Waals surface area contributed by atoms with Crippen molar-refractivity contribution in [2.75, 3.05) is 13.2 Å². The lowest BCUT2D eigenvalue weighted by molar-refractivity contribution is -0.323. The Labute approximate surface area is 166 Å². The smallest absolute Gasteiger partial charge is 0.217 e. The summed E-state index contributed by atoms with van der Waals surface area (Å²) in [7, 11) is 0. The Morgan fingerprint density at radius 1 is 0.828 bits per heavy atom. The first-order valence-electron chi connectivity index (χ1n) is 9.05. The third kappa shape index (κ3) is 5.39. The second-order valence-corrected chi connectivity index (χ2v) is 7.00. The molecule has 13 heteroatoms. The molecule has 0 bridgehead atoms. The van der Waals surface area contributed by atoms with E-state index in [1.807, 2.05) is 0 Å². The van der Waals surface area contributed by atoms with Crippen molar-refractivity contribution in [1.82, 2.24) is 10.6 Å². The van der Waals surface area contributed by atoms with E-state index in [0.717, 1.165) is 13.8 Å². The standard InChI is InChI=1S/C16H28N2O11/c1-5(21)17-9-13(25)11(23)7(3-19)28-16(9)29-14-10(18-6(2)22)15(26)27-8(4-20)12(14)24/h7-16,19-20,23-26H,3-4H2,1-2H3,(H,17,21)(H,18,22)/t7-,8-,9-,10-,11-,12+,13-,14-,15+,16-/m1/s1. The van der Waals surface area contributed by atoms with Gasteiger partial charge in [0.25, 0.3) is 0 Å². The molecule has 2 amide bonds. The van der Waals surface area contributed by atoms with Gasteiger partial charge in [-0.05, 0) is 0 Å². The van der Waals surface area contributed by atoms with Crippen molar-refractivity contribution in [2.24, 2.45) is 0 Å². The van der Waals surface area contributed by atoms with E-state index in [4.69, 9.17) is 14.2 Å². The van der Waals surface area contributed by atoms with Crippen LogP contribution in [0.3, 0.4) is 0 Å². The van der Waals surface area contributed by atoms with Crippen LogP contribution in [0.4, 0.5) is 0 Å². The molecular formula is C16H28N2O11. The number of aliphatic hydroxyl groups is 6. The molecule has 2 heterocycles. The highest BCUT2D eigenvalue weighted by atomic mass is 16.7. The molecule has 2 aliphatic heterocycles. The molecule has 0 aromatic rings. The third-order valence-corrected chi connectivity index (χ3v) is 4.78. The predicted octanol–water partition coefficient (Wildman–Crippen LogP) is -5.11. The van der Waals surface area contributed by atoms with Gasteiger partial charge in [0.05, 0.1) is 13.2 Å². The van der Waals surface area contributed by atoms with Gasteiger partial charge in [-0.15, -0.1) is 0 Å². The molecule has 2 rings (SSSR count). The molecular weight excluding hydrogens is 396 g/mol. The fourth-order valence-electron chi connectivity index (χ4n) is 3.38. The number of amides is 2. The number of aliphatic hydroxyl groups excluding tert-OH is 6. The summed E-state index contributed by atoms with van der Waals surface area (Å²) in [5.74, 6) is -1.16. The first kappa shape index (κ1) is 23.9. The van der Waals surface area contributed by atoms with Crippen molar-refractivity contribution in [1.29, 1.82) is 0 Å². The Balaban J connectivity index is 2.31. The topological polar surface area (TPSA) is 207 Å². The minimum Gasteiger partial charge on any atom is -0.394 e. The summed E-state index contributed by atoms with van der Waals surface area (Å²) >= 11 is 0. The highest BCUT2D eigenvalue weighted by Gasteiger charge is 2.51. The van der Waals surface area contributed by atoms with Crippen LogP contribution in [-0.4, -0.2) is 117 Å². The Bertz CT molecular complexity index is 579. The van der Waals surface area contributed by atoms with Gasteiger partial charge in [0, 0.05) is 13.8 Å². The van der Waals surface area contributed by atoms with Gasteiger partial charge in [-0.1, -0.05) is 0 Å². The van der Waals surface area contributed by atoms with Gasteiger partial charge in [-0.25, -0.2) is 0 Å². The van der Waals surface area contributed by atoms with Crippen LogP contribution in [0.15, 0.2) is 0 Å². The van der Waals surface area contributed by atoms with E-state index in [2.05, 4.69) is 10.6 Å². The summed E-state index contributed by atoms with van der Waals surface area (Å²) in [5, 5.41) is 64.5. The summed E-state index contributed by atoms with van der Waals surface area (Å²) in [6, 6.07) is -2.59. The molecule has 2 saturated heterocycles. The van der Waals surface area contributed by atoms with E-state index >= 15 is 0 Å². The fraction of sp³-hybridized carbons (Fsp3) is 0.875. The maximum absolute atomic E-state index is 11.5. The Kier molecular flexibility index (Phi) is 8.28. The Morgan fingerprint density at radius 2 is 1.34 bits per heavy atom. The van der Waals surface area contributed by atoms with Crippen molar-refractivity contribution >= 4 is 11.8 Å². The van der Waals surface area contributed by atoms with E-state index < -0.39 is 86.3 Å². The van der Waals surface area contributed by atoms with Gasteiger partial charge < -0.3 is 55.5 Å². The normalized spacial score (nSPS) is 42.9. The summed E-state index contributed by atoms with van der Waals surface area (Å²) < 4.78 is 16.2. The van der Waals surface area contributed by atoms with E-state index in [0.29, 0.717) is 0 Å². The van der Waals surface area contributed by atoms with Crippen LogP contribution in [0.25, 0.3) is 0 Å². The van der Waals surface area contributed by atoms with Gasteiger partial charge in [-0.2, -0.15) is 0 Å². The van der Waals surface area contributed by atoms with Crippen LogP contribution in [-0.2, 0) is 23.8 Å². The number of carbonyl (C=O) groups is 2. The molecule has 0 unspecified atom stereocenters. The molecule has 8 N–H and O–H groups in total. The minimum absolute atomic E-state index is 0.576. The quantitative estimate of drug-likeness (QED) is 0.202. The van der Waals surface area contributed by atoms with Crippen LogP contribution in [0.1, 0.15) is 13.8 Å². The van der Waals surface area contributed by atoms with Crippen molar-refractivity contribution in [3.8, 4) is 0 Å². The Hall–Kier alpha value is -1.42. The molecule has 0 spiro atoms. The third-order valence-electron chi connectivity index (χ3n) is 4.78. The van der Waals surface area contributed by atoms with E-state index in [9.17, 15) is 40.2 Å². The summed E-state index contributed by atoms with van der Waals surface area (Å²) in [6.45, 7) is 0.959. The van der Waals surface area contributed by atoms with Gasteiger partial charge in [-0.3, -0.25) is 9.59 Å². The molecule has 10 atom stereocenters. The molecule has 0 aromatic heterocycles.